The minimum atomic E-state index is 0.254. The molecule has 0 fully saturated rings. The molecule has 2 N–H and O–H groups in total. The first-order chi connectivity index (χ1) is 9.93. The second kappa shape index (κ2) is 6.56. The summed E-state index contributed by atoms with van der Waals surface area (Å²) < 4.78 is 2.84. The van der Waals surface area contributed by atoms with E-state index in [1.54, 1.807) is 0 Å². The Morgan fingerprint density at radius 1 is 1.33 bits per heavy atom. The average molecular weight is 352 g/mol. The van der Waals surface area contributed by atoms with E-state index in [-0.39, 0.29) is 6.04 Å². The highest BCUT2D eigenvalue weighted by molar-refractivity contribution is 9.10. The Labute approximate surface area is 134 Å². The number of hydrogen-bond acceptors (Lipinski definition) is 4. The lowest BCUT2D eigenvalue weighted by atomic mass is 10.00. The van der Waals surface area contributed by atoms with Gasteiger partial charge in [0.15, 0.2) is 5.82 Å². The Bertz CT molecular complexity index is 623. The molecule has 0 amide bonds. The Balaban J connectivity index is 2.41. The van der Waals surface area contributed by atoms with Crippen LogP contribution in [0.15, 0.2) is 16.6 Å². The van der Waals surface area contributed by atoms with Gasteiger partial charge in [-0.1, -0.05) is 36.2 Å². The van der Waals surface area contributed by atoms with Crippen LogP contribution in [0.5, 0.6) is 0 Å². The standard InChI is InChI=1S/C15H22BrN5/c1-5-9(2)6-10(3)21-15(18-19-20-21)13-7-12(16)8-14(17)11(13)4/h7-10H,5-6,17H2,1-4H3. The van der Waals surface area contributed by atoms with Gasteiger partial charge >= 0.3 is 0 Å². The van der Waals surface area contributed by atoms with Crippen molar-refractivity contribution in [3.8, 4) is 11.4 Å². The maximum atomic E-state index is 6.05. The number of hydrogen-bond donors (Lipinski definition) is 1. The number of halogens is 1. The third-order valence-electron chi connectivity index (χ3n) is 4.00. The molecule has 1 aromatic carbocycles. The largest absolute Gasteiger partial charge is 0.398 e. The van der Waals surface area contributed by atoms with Gasteiger partial charge in [-0.15, -0.1) is 5.10 Å². The number of nitrogens with two attached hydrogens (primary N) is 1. The Morgan fingerprint density at radius 3 is 2.71 bits per heavy atom. The molecule has 0 bridgehead atoms. The maximum absolute atomic E-state index is 6.05. The smallest absolute Gasteiger partial charge is 0.182 e. The van der Waals surface area contributed by atoms with E-state index >= 15 is 0 Å². The highest BCUT2D eigenvalue weighted by Gasteiger charge is 2.19. The lowest BCUT2D eigenvalue weighted by molar-refractivity contribution is 0.371. The second-order valence-electron chi connectivity index (χ2n) is 5.71. The summed E-state index contributed by atoms with van der Waals surface area (Å²) in [4.78, 5) is 0. The fraction of sp³-hybridized carbons (Fsp3) is 0.533. The minimum absolute atomic E-state index is 0.254. The topological polar surface area (TPSA) is 69.6 Å². The molecule has 6 heteroatoms. The monoisotopic (exact) mass is 351 g/mol. The first-order valence-corrected chi connectivity index (χ1v) is 8.07. The van der Waals surface area contributed by atoms with Crippen molar-refractivity contribution >= 4 is 21.6 Å². The van der Waals surface area contributed by atoms with Crippen LogP contribution in [0, 0.1) is 12.8 Å². The van der Waals surface area contributed by atoms with Crippen molar-refractivity contribution in [3.05, 3.63) is 22.2 Å². The van der Waals surface area contributed by atoms with Gasteiger partial charge < -0.3 is 5.73 Å². The highest BCUT2D eigenvalue weighted by Crippen LogP contribution is 2.31. The van der Waals surface area contributed by atoms with Crippen LogP contribution in [-0.4, -0.2) is 20.2 Å². The van der Waals surface area contributed by atoms with Crippen LogP contribution < -0.4 is 5.73 Å². The van der Waals surface area contributed by atoms with E-state index in [0.29, 0.717) is 5.92 Å². The third-order valence-corrected chi connectivity index (χ3v) is 4.46. The third kappa shape index (κ3) is 3.43. The van der Waals surface area contributed by atoms with Crippen LogP contribution >= 0.6 is 15.9 Å². The van der Waals surface area contributed by atoms with Gasteiger partial charge in [0.05, 0.1) is 6.04 Å². The molecular weight excluding hydrogens is 330 g/mol. The zero-order valence-electron chi connectivity index (χ0n) is 13.0. The number of aromatic nitrogens is 4. The predicted molar refractivity (Wildman–Crippen MR) is 88.9 cm³/mol. The summed E-state index contributed by atoms with van der Waals surface area (Å²) in [6.07, 6.45) is 2.21. The zero-order valence-corrected chi connectivity index (χ0v) is 14.6. The van der Waals surface area contributed by atoms with E-state index in [2.05, 4.69) is 52.2 Å². The molecule has 1 aromatic heterocycles. The molecule has 114 valence electrons. The molecular formula is C15H22BrN5. The summed E-state index contributed by atoms with van der Waals surface area (Å²) in [6, 6.07) is 4.17. The molecule has 0 saturated heterocycles. The quantitative estimate of drug-likeness (QED) is 0.826. The van der Waals surface area contributed by atoms with Gasteiger partial charge in [0.1, 0.15) is 0 Å². The molecule has 21 heavy (non-hydrogen) atoms. The van der Waals surface area contributed by atoms with E-state index in [4.69, 9.17) is 5.73 Å². The van der Waals surface area contributed by atoms with Crippen LogP contribution in [-0.2, 0) is 0 Å². The van der Waals surface area contributed by atoms with Gasteiger partial charge in [0.25, 0.3) is 0 Å². The first kappa shape index (κ1) is 15.9. The van der Waals surface area contributed by atoms with E-state index in [9.17, 15) is 0 Å². The van der Waals surface area contributed by atoms with Gasteiger partial charge in [0, 0.05) is 15.7 Å². The summed E-state index contributed by atoms with van der Waals surface area (Å²) in [6.45, 7) is 8.61. The van der Waals surface area contributed by atoms with Crippen LogP contribution in [0.25, 0.3) is 11.4 Å². The highest BCUT2D eigenvalue weighted by atomic mass is 79.9. The molecule has 2 aromatic rings. The molecule has 0 aliphatic heterocycles. The Kier molecular flexibility index (Phi) is 4.98. The first-order valence-electron chi connectivity index (χ1n) is 7.27. The average Bonchev–Trinajstić information content (AvgIpc) is 2.91. The summed E-state index contributed by atoms with van der Waals surface area (Å²) in [5.41, 5.74) is 8.77. The second-order valence-corrected chi connectivity index (χ2v) is 6.63. The number of tetrazole rings is 1. The minimum Gasteiger partial charge on any atom is -0.398 e. The number of benzene rings is 1. The van der Waals surface area contributed by atoms with Gasteiger partial charge in [-0.3, -0.25) is 0 Å². The number of anilines is 1. The molecule has 1 heterocycles. The summed E-state index contributed by atoms with van der Waals surface area (Å²) in [5, 5.41) is 12.2. The molecule has 0 saturated carbocycles. The number of nitrogen functional groups attached to an aromatic ring is 1. The molecule has 2 atom stereocenters. The zero-order chi connectivity index (χ0) is 15.6. The predicted octanol–water partition coefficient (Wildman–Crippen LogP) is 3.99. The van der Waals surface area contributed by atoms with Gasteiger partial charge in [-0.25, -0.2) is 4.68 Å². The van der Waals surface area contributed by atoms with Gasteiger partial charge in [-0.2, -0.15) is 0 Å². The fourth-order valence-corrected chi connectivity index (χ4v) is 2.92. The van der Waals surface area contributed by atoms with Crippen LogP contribution in [0.3, 0.4) is 0 Å². The summed E-state index contributed by atoms with van der Waals surface area (Å²) in [5.74, 6) is 1.42. The van der Waals surface area contributed by atoms with Crippen molar-refractivity contribution in [2.45, 2.75) is 46.6 Å². The lowest BCUT2D eigenvalue weighted by Crippen LogP contribution is -2.13. The van der Waals surface area contributed by atoms with Gasteiger partial charge in [0.2, 0.25) is 0 Å². The van der Waals surface area contributed by atoms with Crippen molar-refractivity contribution in [3.63, 3.8) is 0 Å². The summed E-state index contributed by atoms with van der Waals surface area (Å²) in [7, 11) is 0. The van der Waals surface area contributed by atoms with Crippen LogP contribution in [0.2, 0.25) is 0 Å². The molecule has 0 radical (unpaired) electrons. The van der Waals surface area contributed by atoms with E-state index < -0.39 is 0 Å². The number of nitrogens with zero attached hydrogens (tertiary/aromatic N) is 4. The van der Waals surface area contributed by atoms with E-state index in [0.717, 1.165) is 40.0 Å². The molecule has 5 nitrogen and oxygen atoms in total. The number of rotatable bonds is 5. The van der Waals surface area contributed by atoms with Crippen LogP contribution in [0.4, 0.5) is 5.69 Å². The van der Waals surface area contributed by atoms with Crippen molar-refractivity contribution in [2.75, 3.05) is 5.73 Å². The van der Waals surface area contributed by atoms with E-state index in [1.807, 2.05) is 23.7 Å². The molecule has 0 spiro atoms. The Morgan fingerprint density at radius 2 is 2.05 bits per heavy atom. The molecule has 0 aliphatic rings. The Hall–Kier alpha value is -1.43. The maximum Gasteiger partial charge on any atom is 0.182 e. The van der Waals surface area contributed by atoms with Crippen molar-refractivity contribution < 1.29 is 0 Å². The van der Waals surface area contributed by atoms with Crippen LogP contribution in [0.1, 0.15) is 45.2 Å². The molecule has 0 aliphatic carbocycles. The van der Waals surface area contributed by atoms with Gasteiger partial charge in [-0.05, 0) is 54.3 Å². The van der Waals surface area contributed by atoms with Crippen molar-refractivity contribution in [1.29, 1.82) is 0 Å². The normalized spacial score (nSPS) is 14.1. The van der Waals surface area contributed by atoms with Crippen molar-refractivity contribution in [2.24, 2.45) is 5.92 Å². The lowest BCUT2D eigenvalue weighted by Gasteiger charge is -2.18. The fourth-order valence-electron chi connectivity index (χ4n) is 2.45. The van der Waals surface area contributed by atoms with E-state index in [1.165, 1.54) is 0 Å². The molecule has 2 rings (SSSR count). The summed E-state index contributed by atoms with van der Waals surface area (Å²) >= 11 is 3.49. The molecule has 2 unspecified atom stereocenters. The van der Waals surface area contributed by atoms with Crippen molar-refractivity contribution in [1.82, 2.24) is 20.2 Å². The SMILES string of the molecule is CCC(C)CC(C)n1nnnc1-c1cc(Br)cc(N)c1C.